The number of aryl methyl sites for hydroxylation is 2. The fourth-order valence-electron chi connectivity index (χ4n) is 3.29. The van der Waals surface area contributed by atoms with E-state index in [-0.39, 0.29) is 5.69 Å². The molecule has 0 spiro atoms. The van der Waals surface area contributed by atoms with Crippen LogP contribution in [-0.2, 0) is 4.74 Å². The van der Waals surface area contributed by atoms with E-state index in [0.717, 1.165) is 22.4 Å². The molecule has 0 unspecified atom stereocenters. The van der Waals surface area contributed by atoms with Crippen molar-refractivity contribution < 1.29 is 18.6 Å². The van der Waals surface area contributed by atoms with Gasteiger partial charge in [0.2, 0.25) is 0 Å². The van der Waals surface area contributed by atoms with Crippen LogP contribution in [0.1, 0.15) is 38.1 Å². The second-order valence-electron chi connectivity index (χ2n) is 7.58. The number of terminal acetylenes is 1. The lowest BCUT2D eigenvalue weighted by atomic mass is 10.1. The molecule has 0 N–H and O–H groups in total. The molecule has 0 amide bonds. The number of rotatable bonds is 3. The van der Waals surface area contributed by atoms with Crippen molar-refractivity contribution in [2.45, 2.75) is 13.8 Å². The van der Waals surface area contributed by atoms with Crippen molar-refractivity contribution in [3.05, 3.63) is 99.4 Å². The van der Waals surface area contributed by atoms with E-state index >= 15 is 0 Å². The SMILES string of the molecule is C#Cc1c(-c2ccccc2)noc1C.COC(=O)c1csc(C#Cc2c(-c3ccccc3)noc2C)n1. The Balaban J connectivity index is 0.000000195. The summed E-state index contributed by atoms with van der Waals surface area (Å²) in [5.41, 5.74) is 5.06. The minimum atomic E-state index is -0.472. The third-order valence-electron chi connectivity index (χ3n) is 5.16. The molecule has 0 aliphatic carbocycles. The highest BCUT2D eigenvalue weighted by Crippen LogP contribution is 2.25. The zero-order valence-electron chi connectivity index (χ0n) is 20.3. The summed E-state index contributed by atoms with van der Waals surface area (Å²) in [6, 6.07) is 19.4. The van der Waals surface area contributed by atoms with Crippen molar-refractivity contribution in [1.82, 2.24) is 15.3 Å². The summed E-state index contributed by atoms with van der Waals surface area (Å²) in [7, 11) is 1.32. The van der Waals surface area contributed by atoms with Gasteiger partial charge in [-0.05, 0) is 19.8 Å². The Morgan fingerprint density at radius 2 is 1.41 bits per heavy atom. The number of thiazole rings is 1. The standard InChI is InChI=1S/C17H12N2O3S.C12H9NO/c1-11-13(16(19-22-11)12-6-4-3-5-7-12)8-9-15-18-14(10-23-15)17(20)21-2;1-3-11-9(2)14-13-12(11)10-7-5-4-6-8-10/h3-7,10H,1-2H3;1,4-8H,2H3. The minimum absolute atomic E-state index is 0.257. The van der Waals surface area contributed by atoms with Crippen molar-refractivity contribution in [3.8, 4) is 46.7 Å². The van der Waals surface area contributed by atoms with E-state index in [0.29, 0.717) is 27.8 Å². The van der Waals surface area contributed by atoms with Crippen molar-refractivity contribution in [2.75, 3.05) is 7.11 Å². The predicted molar refractivity (Wildman–Crippen MR) is 141 cm³/mol. The lowest BCUT2D eigenvalue weighted by Crippen LogP contribution is -2.00. The first-order valence-electron chi connectivity index (χ1n) is 11.1. The van der Waals surface area contributed by atoms with Crippen molar-refractivity contribution in [2.24, 2.45) is 0 Å². The minimum Gasteiger partial charge on any atom is -0.464 e. The van der Waals surface area contributed by atoms with Crippen LogP contribution >= 0.6 is 11.3 Å². The number of nitrogens with zero attached hydrogens (tertiary/aromatic N) is 3. The molecule has 5 rings (SSSR count). The number of carbonyl (C=O) groups is 1. The Labute approximate surface area is 218 Å². The third-order valence-corrected chi connectivity index (χ3v) is 5.92. The van der Waals surface area contributed by atoms with Gasteiger partial charge in [0.25, 0.3) is 0 Å². The zero-order valence-corrected chi connectivity index (χ0v) is 21.1. The Morgan fingerprint density at radius 1 is 0.865 bits per heavy atom. The molecule has 5 aromatic rings. The maximum atomic E-state index is 11.4. The Hall–Kier alpha value is -4.92. The molecular formula is C29H21N3O4S. The molecule has 0 fully saturated rings. The molecule has 0 saturated carbocycles. The van der Waals surface area contributed by atoms with E-state index < -0.39 is 5.97 Å². The van der Waals surface area contributed by atoms with Gasteiger partial charge in [-0.3, -0.25) is 0 Å². The molecule has 3 aromatic heterocycles. The monoisotopic (exact) mass is 507 g/mol. The van der Waals surface area contributed by atoms with Gasteiger partial charge in [0.05, 0.1) is 18.2 Å². The fourth-order valence-corrected chi connectivity index (χ4v) is 3.93. The molecule has 3 heterocycles. The first-order chi connectivity index (χ1) is 18.0. The van der Waals surface area contributed by atoms with Crippen LogP contribution in [0, 0.1) is 38.0 Å². The van der Waals surface area contributed by atoms with E-state index in [2.05, 4.69) is 37.8 Å². The molecule has 0 saturated heterocycles. The normalized spacial score (nSPS) is 9.89. The summed E-state index contributed by atoms with van der Waals surface area (Å²) >= 11 is 1.29. The van der Waals surface area contributed by atoms with Gasteiger partial charge >= 0.3 is 5.97 Å². The fraction of sp³-hybridized carbons (Fsp3) is 0.103. The Bertz CT molecular complexity index is 1610. The lowest BCUT2D eigenvalue weighted by molar-refractivity contribution is 0.0595. The van der Waals surface area contributed by atoms with Gasteiger partial charge in [0, 0.05) is 16.5 Å². The molecule has 8 heteroatoms. The lowest BCUT2D eigenvalue weighted by Gasteiger charge is -1.95. The van der Waals surface area contributed by atoms with E-state index in [9.17, 15) is 4.79 Å². The highest BCUT2D eigenvalue weighted by Gasteiger charge is 2.14. The van der Waals surface area contributed by atoms with E-state index in [1.54, 1.807) is 5.38 Å². The molecule has 2 aromatic carbocycles. The van der Waals surface area contributed by atoms with Gasteiger partial charge in [-0.25, -0.2) is 9.78 Å². The van der Waals surface area contributed by atoms with E-state index in [1.807, 2.05) is 74.5 Å². The summed E-state index contributed by atoms with van der Waals surface area (Å²) in [6.07, 6.45) is 5.38. The van der Waals surface area contributed by atoms with Gasteiger partial charge in [-0.1, -0.05) is 82.8 Å². The average Bonchev–Trinajstić information content (AvgIpc) is 3.66. The maximum absolute atomic E-state index is 11.4. The number of benzene rings is 2. The topological polar surface area (TPSA) is 91.2 Å². The zero-order chi connectivity index (χ0) is 26.2. The Morgan fingerprint density at radius 3 is 1.95 bits per heavy atom. The third kappa shape index (κ3) is 5.84. The molecule has 37 heavy (non-hydrogen) atoms. The number of carbonyl (C=O) groups excluding carboxylic acids is 1. The molecule has 0 atom stereocenters. The molecule has 182 valence electrons. The summed E-state index contributed by atoms with van der Waals surface area (Å²) in [6.45, 7) is 3.62. The number of aromatic nitrogens is 3. The second-order valence-corrected chi connectivity index (χ2v) is 8.44. The number of ether oxygens (including phenoxy) is 1. The first-order valence-corrected chi connectivity index (χ1v) is 12.0. The van der Waals surface area contributed by atoms with Crippen LogP contribution < -0.4 is 0 Å². The maximum Gasteiger partial charge on any atom is 0.357 e. The summed E-state index contributed by atoms with van der Waals surface area (Å²) < 4.78 is 14.9. The average molecular weight is 508 g/mol. The number of methoxy groups -OCH3 is 1. The highest BCUT2D eigenvalue weighted by atomic mass is 32.1. The quantitative estimate of drug-likeness (QED) is 0.221. The van der Waals surface area contributed by atoms with Gasteiger partial charge in [-0.2, -0.15) is 0 Å². The van der Waals surface area contributed by atoms with Crippen molar-refractivity contribution in [1.29, 1.82) is 0 Å². The van der Waals surface area contributed by atoms with Crippen molar-refractivity contribution in [3.63, 3.8) is 0 Å². The molecular weight excluding hydrogens is 486 g/mol. The molecule has 0 aliphatic heterocycles. The number of esters is 1. The van der Waals surface area contributed by atoms with Gasteiger partial charge in [0.15, 0.2) is 10.7 Å². The number of hydrogen-bond acceptors (Lipinski definition) is 8. The number of hydrogen-bond donors (Lipinski definition) is 0. The van der Waals surface area contributed by atoms with Crippen molar-refractivity contribution >= 4 is 17.3 Å². The van der Waals surface area contributed by atoms with Crippen LogP contribution in [0.4, 0.5) is 0 Å². The van der Waals surface area contributed by atoms with Crippen LogP contribution in [0.25, 0.3) is 22.5 Å². The molecule has 0 bridgehead atoms. The predicted octanol–water partition coefficient (Wildman–Crippen LogP) is 5.92. The van der Waals surface area contributed by atoms with Crippen LogP contribution in [0.5, 0.6) is 0 Å². The molecule has 0 radical (unpaired) electrons. The van der Waals surface area contributed by atoms with Crippen LogP contribution in [0.15, 0.2) is 75.1 Å². The Kier molecular flexibility index (Phi) is 7.95. The molecule has 7 nitrogen and oxygen atoms in total. The largest absolute Gasteiger partial charge is 0.464 e. The molecule has 0 aliphatic rings. The summed E-state index contributed by atoms with van der Waals surface area (Å²) in [4.78, 5) is 15.5. The van der Waals surface area contributed by atoms with E-state index in [4.69, 9.17) is 15.5 Å². The summed E-state index contributed by atoms with van der Waals surface area (Å²) in [5, 5.41) is 10.2. The van der Waals surface area contributed by atoms with E-state index in [1.165, 1.54) is 18.4 Å². The smallest absolute Gasteiger partial charge is 0.357 e. The second kappa shape index (κ2) is 11.7. The van der Waals surface area contributed by atoms with Crippen LogP contribution in [0.2, 0.25) is 0 Å². The summed E-state index contributed by atoms with van der Waals surface area (Å²) in [5.74, 6) is 9.42. The van der Waals surface area contributed by atoms with Gasteiger partial charge in [0.1, 0.15) is 22.9 Å². The van der Waals surface area contributed by atoms with Crippen LogP contribution in [-0.4, -0.2) is 28.4 Å². The first kappa shape index (κ1) is 25.2. The highest BCUT2D eigenvalue weighted by molar-refractivity contribution is 7.10. The van der Waals surface area contributed by atoms with Gasteiger partial charge < -0.3 is 13.8 Å². The van der Waals surface area contributed by atoms with Crippen LogP contribution in [0.3, 0.4) is 0 Å². The van der Waals surface area contributed by atoms with Gasteiger partial charge in [-0.15, -0.1) is 17.8 Å².